The Kier molecular flexibility index (Phi) is 4.98. The predicted octanol–water partition coefficient (Wildman–Crippen LogP) is 4.45. The number of aromatic nitrogens is 4. The van der Waals surface area contributed by atoms with Crippen LogP contribution in [-0.4, -0.2) is 32.3 Å². The zero-order valence-corrected chi connectivity index (χ0v) is 16.7. The van der Waals surface area contributed by atoms with Crippen molar-refractivity contribution in [1.29, 1.82) is 0 Å². The van der Waals surface area contributed by atoms with Gasteiger partial charge in [-0.2, -0.15) is 0 Å². The summed E-state index contributed by atoms with van der Waals surface area (Å²) < 4.78 is 0. The number of pyridine rings is 1. The minimum atomic E-state index is -0.470. The van der Waals surface area contributed by atoms with Crippen LogP contribution in [0.15, 0.2) is 30.7 Å². The molecule has 1 saturated heterocycles. The quantitative estimate of drug-likeness (QED) is 0.659. The highest BCUT2D eigenvalue weighted by atomic mass is 16.1. The fourth-order valence-corrected chi connectivity index (χ4v) is 3.69. The molecular formula is C22H27N5O. The summed E-state index contributed by atoms with van der Waals surface area (Å²) in [6.07, 6.45) is 10.1. The molecule has 2 N–H and O–H groups in total. The summed E-state index contributed by atoms with van der Waals surface area (Å²) in [5.74, 6) is 0.0586. The van der Waals surface area contributed by atoms with E-state index in [1.165, 1.54) is 19.3 Å². The number of ketones is 1. The number of fused-ring (bicyclic) bond motifs is 1. The number of nitrogens with one attached hydrogen (secondary N) is 2. The Morgan fingerprint density at radius 1 is 1.18 bits per heavy atom. The van der Waals surface area contributed by atoms with Crippen molar-refractivity contribution >= 4 is 16.9 Å². The first-order valence-corrected chi connectivity index (χ1v) is 10.0. The highest BCUT2D eigenvalue weighted by molar-refractivity contribution is 6.08. The van der Waals surface area contributed by atoms with Crippen molar-refractivity contribution in [1.82, 2.24) is 25.3 Å². The van der Waals surface area contributed by atoms with Gasteiger partial charge in [0.1, 0.15) is 5.52 Å². The number of nitrogens with zero attached hydrogens (tertiary/aromatic N) is 3. The van der Waals surface area contributed by atoms with Crippen LogP contribution < -0.4 is 5.32 Å². The van der Waals surface area contributed by atoms with Crippen LogP contribution in [0.25, 0.3) is 22.4 Å². The van der Waals surface area contributed by atoms with Crippen molar-refractivity contribution in [2.24, 2.45) is 5.41 Å². The van der Waals surface area contributed by atoms with Crippen molar-refractivity contribution < 1.29 is 4.79 Å². The molecule has 0 aliphatic carbocycles. The molecule has 1 aliphatic rings. The summed E-state index contributed by atoms with van der Waals surface area (Å²) >= 11 is 0. The molecule has 0 radical (unpaired) electrons. The van der Waals surface area contributed by atoms with Crippen LogP contribution in [-0.2, 0) is 0 Å². The first kappa shape index (κ1) is 18.7. The minimum Gasteiger partial charge on any atom is -0.344 e. The van der Waals surface area contributed by atoms with Crippen molar-refractivity contribution in [3.63, 3.8) is 0 Å². The van der Waals surface area contributed by atoms with E-state index < -0.39 is 5.41 Å². The second kappa shape index (κ2) is 7.43. The highest BCUT2D eigenvalue weighted by Crippen LogP contribution is 2.28. The lowest BCUT2D eigenvalue weighted by molar-refractivity contribution is 0.0860. The number of rotatable bonds is 3. The fourth-order valence-electron chi connectivity index (χ4n) is 3.69. The van der Waals surface area contributed by atoms with Crippen LogP contribution in [0.1, 0.15) is 68.5 Å². The third-order valence-electron chi connectivity index (χ3n) is 5.30. The zero-order chi connectivity index (χ0) is 19.7. The van der Waals surface area contributed by atoms with E-state index >= 15 is 0 Å². The topological polar surface area (TPSA) is 83.6 Å². The Balaban J connectivity index is 1.71. The molecule has 146 valence electrons. The van der Waals surface area contributed by atoms with Gasteiger partial charge in [0.25, 0.3) is 0 Å². The van der Waals surface area contributed by atoms with Gasteiger partial charge in [-0.05, 0) is 31.5 Å². The van der Waals surface area contributed by atoms with Gasteiger partial charge in [0.2, 0.25) is 0 Å². The summed E-state index contributed by atoms with van der Waals surface area (Å²) in [5.41, 5.74) is 4.16. The number of hydrogen-bond acceptors (Lipinski definition) is 5. The summed E-state index contributed by atoms with van der Waals surface area (Å²) in [6.45, 7) is 6.78. The number of carbonyl (C=O) groups is 1. The van der Waals surface area contributed by atoms with Crippen LogP contribution in [0.3, 0.4) is 0 Å². The van der Waals surface area contributed by atoms with Crippen LogP contribution in [0, 0.1) is 5.41 Å². The van der Waals surface area contributed by atoms with E-state index in [0.29, 0.717) is 16.7 Å². The van der Waals surface area contributed by atoms with Gasteiger partial charge in [0, 0.05) is 29.4 Å². The molecule has 0 amide bonds. The number of Topliss-reactive ketones (excluding diaryl/α,β-unsaturated/α-hetero) is 1. The normalized spacial score (nSPS) is 18.2. The Labute approximate surface area is 165 Å². The molecule has 4 heterocycles. The maximum Gasteiger partial charge on any atom is 0.171 e. The van der Waals surface area contributed by atoms with Gasteiger partial charge in [-0.25, -0.2) is 9.97 Å². The minimum absolute atomic E-state index is 0.0586. The Bertz CT molecular complexity index is 994. The molecular weight excluding hydrogens is 350 g/mol. The third-order valence-corrected chi connectivity index (χ3v) is 5.30. The molecule has 1 aliphatic heterocycles. The largest absolute Gasteiger partial charge is 0.344 e. The second-order valence-corrected chi connectivity index (χ2v) is 8.56. The summed E-state index contributed by atoms with van der Waals surface area (Å²) in [5, 5.41) is 3.59. The molecule has 6 heteroatoms. The molecule has 1 unspecified atom stereocenters. The first-order chi connectivity index (χ1) is 13.4. The van der Waals surface area contributed by atoms with Gasteiger partial charge in [0.15, 0.2) is 11.4 Å². The van der Waals surface area contributed by atoms with E-state index in [-0.39, 0.29) is 11.8 Å². The van der Waals surface area contributed by atoms with Crippen molar-refractivity contribution in [2.75, 3.05) is 6.54 Å². The van der Waals surface area contributed by atoms with Gasteiger partial charge in [-0.1, -0.05) is 33.6 Å². The monoisotopic (exact) mass is 377 g/mol. The predicted molar refractivity (Wildman–Crippen MR) is 110 cm³/mol. The van der Waals surface area contributed by atoms with Crippen molar-refractivity contribution in [3.05, 3.63) is 42.0 Å². The van der Waals surface area contributed by atoms with E-state index in [2.05, 4.69) is 26.3 Å². The number of hydrogen-bond donors (Lipinski definition) is 2. The molecule has 0 bridgehead atoms. The van der Waals surface area contributed by atoms with E-state index in [0.717, 1.165) is 29.9 Å². The first-order valence-electron chi connectivity index (χ1n) is 10.0. The van der Waals surface area contributed by atoms with Crippen molar-refractivity contribution in [3.8, 4) is 11.3 Å². The maximum absolute atomic E-state index is 12.8. The smallest absolute Gasteiger partial charge is 0.171 e. The van der Waals surface area contributed by atoms with E-state index in [9.17, 15) is 4.79 Å². The van der Waals surface area contributed by atoms with Crippen LogP contribution in [0.2, 0.25) is 0 Å². The van der Waals surface area contributed by atoms with Gasteiger partial charge in [0.05, 0.1) is 23.1 Å². The number of H-pyrrole nitrogens is 1. The van der Waals surface area contributed by atoms with E-state index in [1.54, 1.807) is 12.4 Å². The molecule has 3 aromatic heterocycles. The number of carbonyl (C=O) groups excluding carboxylic acids is 1. The molecule has 6 nitrogen and oxygen atoms in total. The molecule has 3 aromatic rings. The van der Waals surface area contributed by atoms with Crippen LogP contribution >= 0.6 is 0 Å². The Hall–Kier alpha value is -2.60. The molecule has 1 atom stereocenters. The molecule has 4 rings (SSSR count). The summed E-state index contributed by atoms with van der Waals surface area (Å²) in [4.78, 5) is 29.7. The molecule has 0 aromatic carbocycles. The summed E-state index contributed by atoms with van der Waals surface area (Å²) in [6, 6.07) is 4.33. The average molecular weight is 377 g/mol. The maximum atomic E-state index is 12.8. The third kappa shape index (κ3) is 3.69. The molecule has 0 spiro atoms. The fraction of sp³-hybridized carbons (Fsp3) is 0.455. The standard InChI is InChI=1S/C22H27N5O/c1-22(2,3)20(28)15-12-25-21-19(15)27-18(13-26-21)14-8-10-24-17(11-14)16-7-5-4-6-9-23-16/h8,10-13,16,23H,4-7,9H2,1-3H3,(H,25,26). The zero-order valence-electron chi connectivity index (χ0n) is 16.7. The average Bonchev–Trinajstić information content (AvgIpc) is 2.91. The lowest BCUT2D eigenvalue weighted by Gasteiger charge is -2.16. The lowest BCUT2D eigenvalue weighted by Crippen LogP contribution is -2.21. The Morgan fingerprint density at radius 2 is 2.04 bits per heavy atom. The van der Waals surface area contributed by atoms with Gasteiger partial charge in [-0.3, -0.25) is 9.78 Å². The van der Waals surface area contributed by atoms with Crippen LogP contribution in [0.5, 0.6) is 0 Å². The van der Waals surface area contributed by atoms with E-state index in [1.807, 2.05) is 33.0 Å². The summed E-state index contributed by atoms with van der Waals surface area (Å²) in [7, 11) is 0. The molecule has 28 heavy (non-hydrogen) atoms. The highest BCUT2D eigenvalue weighted by Gasteiger charge is 2.26. The molecule has 1 fully saturated rings. The van der Waals surface area contributed by atoms with Gasteiger partial charge >= 0.3 is 0 Å². The SMILES string of the molecule is CC(C)(C)C(=O)c1c[nH]c2ncc(-c3ccnc(C4CCCCCN4)c3)nc12. The lowest BCUT2D eigenvalue weighted by atomic mass is 9.87. The van der Waals surface area contributed by atoms with Gasteiger partial charge < -0.3 is 10.3 Å². The Morgan fingerprint density at radius 3 is 2.86 bits per heavy atom. The van der Waals surface area contributed by atoms with Crippen LogP contribution in [0.4, 0.5) is 0 Å². The molecule has 0 saturated carbocycles. The number of aromatic amines is 1. The van der Waals surface area contributed by atoms with E-state index in [4.69, 9.17) is 4.98 Å². The van der Waals surface area contributed by atoms with Crippen molar-refractivity contribution in [2.45, 2.75) is 52.5 Å². The second-order valence-electron chi connectivity index (χ2n) is 8.56. The van der Waals surface area contributed by atoms with Gasteiger partial charge in [-0.15, -0.1) is 0 Å².